The van der Waals surface area contributed by atoms with Gasteiger partial charge in [-0.1, -0.05) is 25.0 Å². The van der Waals surface area contributed by atoms with E-state index in [2.05, 4.69) is 0 Å². The van der Waals surface area contributed by atoms with Crippen LogP contribution in [0.25, 0.3) is 0 Å². The van der Waals surface area contributed by atoms with Crippen molar-refractivity contribution in [2.75, 3.05) is 0 Å². The molecular formula is C14H20FNO. The number of benzene rings is 1. The van der Waals surface area contributed by atoms with E-state index in [9.17, 15) is 4.39 Å². The zero-order chi connectivity index (χ0) is 12.3. The highest BCUT2D eigenvalue weighted by molar-refractivity contribution is 5.30. The Kier molecular flexibility index (Phi) is 4.00. The van der Waals surface area contributed by atoms with Crippen molar-refractivity contribution in [1.82, 2.24) is 0 Å². The molecule has 0 heterocycles. The van der Waals surface area contributed by atoms with Crippen LogP contribution in [-0.2, 0) is 0 Å². The molecule has 2 atom stereocenters. The Morgan fingerprint density at radius 1 is 1.24 bits per heavy atom. The number of hydrogen-bond donors (Lipinski definition) is 1. The van der Waals surface area contributed by atoms with Gasteiger partial charge in [-0.3, -0.25) is 0 Å². The largest absolute Gasteiger partial charge is 0.486 e. The van der Waals surface area contributed by atoms with E-state index < -0.39 is 0 Å². The summed E-state index contributed by atoms with van der Waals surface area (Å²) in [5.41, 5.74) is 6.68. The molecule has 2 rings (SSSR count). The van der Waals surface area contributed by atoms with Crippen LogP contribution in [0.1, 0.15) is 37.7 Å². The van der Waals surface area contributed by atoms with E-state index in [4.69, 9.17) is 10.5 Å². The van der Waals surface area contributed by atoms with E-state index in [1.54, 1.807) is 19.1 Å². The van der Waals surface area contributed by atoms with Gasteiger partial charge in [0.1, 0.15) is 6.10 Å². The molecule has 0 amide bonds. The van der Waals surface area contributed by atoms with Gasteiger partial charge in [0.05, 0.1) is 0 Å². The average molecular weight is 237 g/mol. The Labute approximate surface area is 102 Å². The Morgan fingerprint density at radius 3 is 2.82 bits per heavy atom. The van der Waals surface area contributed by atoms with Crippen LogP contribution >= 0.6 is 0 Å². The molecule has 2 nitrogen and oxygen atoms in total. The standard InChI is InChI=1S/C14H20FNO/c1-10-6-5-9-13(14(10)15)17-12-8-4-2-3-7-11(12)16/h5-6,9,11-12H,2-4,7-8,16H2,1H3. The smallest absolute Gasteiger partial charge is 0.167 e. The van der Waals surface area contributed by atoms with Gasteiger partial charge in [-0.05, 0) is 37.8 Å². The van der Waals surface area contributed by atoms with Crippen LogP contribution in [0.3, 0.4) is 0 Å². The fourth-order valence-electron chi connectivity index (χ4n) is 2.32. The molecule has 1 aliphatic carbocycles. The molecule has 1 aliphatic rings. The van der Waals surface area contributed by atoms with Crippen molar-refractivity contribution in [3.05, 3.63) is 29.6 Å². The van der Waals surface area contributed by atoms with Gasteiger partial charge in [-0.2, -0.15) is 0 Å². The summed E-state index contributed by atoms with van der Waals surface area (Å²) >= 11 is 0. The first kappa shape index (κ1) is 12.4. The fourth-order valence-corrected chi connectivity index (χ4v) is 2.32. The van der Waals surface area contributed by atoms with Gasteiger partial charge in [0.25, 0.3) is 0 Å². The molecule has 1 aromatic carbocycles. The first-order valence-electron chi connectivity index (χ1n) is 6.36. The Balaban J connectivity index is 2.10. The molecule has 17 heavy (non-hydrogen) atoms. The van der Waals surface area contributed by atoms with Gasteiger partial charge in [-0.25, -0.2) is 4.39 Å². The van der Waals surface area contributed by atoms with Gasteiger partial charge < -0.3 is 10.5 Å². The molecule has 0 spiro atoms. The Bertz CT molecular complexity index is 380. The monoisotopic (exact) mass is 237 g/mol. The van der Waals surface area contributed by atoms with E-state index in [0.29, 0.717) is 11.3 Å². The molecule has 1 fully saturated rings. The molecule has 94 valence electrons. The van der Waals surface area contributed by atoms with Crippen molar-refractivity contribution in [1.29, 1.82) is 0 Å². The molecule has 0 aromatic heterocycles. The summed E-state index contributed by atoms with van der Waals surface area (Å²) in [7, 11) is 0. The van der Waals surface area contributed by atoms with Crippen LogP contribution in [0.2, 0.25) is 0 Å². The molecule has 2 unspecified atom stereocenters. The van der Waals surface area contributed by atoms with Crippen LogP contribution < -0.4 is 10.5 Å². The molecule has 0 aliphatic heterocycles. The number of ether oxygens (including phenoxy) is 1. The summed E-state index contributed by atoms with van der Waals surface area (Å²) in [5, 5.41) is 0. The molecular weight excluding hydrogens is 217 g/mol. The summed E-state index contributed by atoms with van der Waals surface area (Å²) in [6.07, 6.45) is 5.31. The second kappa shape index (κ2) is 5.50. The third kappa shape index (κ3) is 2.97. The molecule has 2 N–H and O–H groups in total. The number of rotatable bonds is 2. The minimum atomic E-state index is -0.260. The SMILES string of the molecule is Cc1cccc(OC2CCCCCC2N)c1F. The average Bonchev–Trinajstić information content (AvgIpc) is 2.51. The molecule has 3 heteroatoms. The summed E-state index contributed by atoms with van der Waals surface area (Å²) in [6.45, 7) is 1.75. The predicted octanol–water partition coefficient (Wildman–Crippen LogP) is 3.17. The van der Waals surface area contributed by atoms with E-state index in [1.165, 1.54) is 6.42 Å². The Morgan fingerprint density at radius 2 is 2.00 bits per heavy atom. The fraction of sp³-hybridized carbons (Fsp3) is 0.571. The minimum absolute atomic E-state index is 0.0254. The molecule has 0 radical (unpaired) electrons. The number of halogens is 1. The van der Waals surface area contributed by atoms with E-state index in [1.807, 2.05) is 6.07 Å². The van der Waals surface area contributed by atoms with Crippen molar-refractivity contribution < 1.29 is 9.13 Å². The maximum Gasteiger partial charge on any atom is 0.167 e. The lowest BCUT2D eigenvalue weighted by atomic mass is 10.1. The van der Waals surface area contributed by atoms with Crippen LogP contribution in [0, 0.1) is 12.7 Å². The van der Waals surface area contributed by atoms with E-state index in [0.717, 1.165) is 25.7 Å². The quantitative estimate of drug-likeness (QED) is 0.802. The maximum atomic E-state index is 13.8. The zero-order valence-corrected chi connectivity index (χ0v) is 10.3. The van der Waals surface area contributed by atoms with Crippen molar-refractivity contribution in [2.24, 2.45) is 5.73 Å². The Hall–Kier alpha value is -1.09. The first-order chi connectivity index (χ1) is 8.18. The van der Waals surface area contributed by atoms with Crippen molar-refractivity contribution >= 4 is 0 Å². The molecule has 1 aromatic rings. The van der Waals surface area contributed by atoms with Crippen LogP contribution in [-0.4, -0.2) is 12.1 Å². The summed E-state index contributed by atoms with van der Waals surface area (Å²) in [5.74, 6) is 0.0799. The normalized spacial score (nSPS) is 25.4. The van der Waals surface area contributed by atoms with Crippen LogP contribution in [0.5, 0.6) is 5.75 Å². The number of hydrogen-bond acceptors (Lipinski definition) is 2. The van der Waals surface area contributed by atoms with Crippen LogP contribution in [0.15, 0.2) is 18.2 Å². The summed E-state index contributed by atoms with van der Waals surface area (Å²) < 4.78 is 19.6. The van der Waals surface area contributed by atoms with Crippen LogP contribution in [0.4, 0.5) is 4.39 Å². The lowest BCUT2D eigenvalue weighted by Gasteiger charge is -2.23. The molecule has 0 saturated heterocycles. The summed E-state index contributed by atoms with van der Waals surface area (Å²) in [4.78, 5) is 0. The zero-order valence-electron chi connectivity index (χ0n) is 10.3. The van der Waals surface area contributed by atoms with E-state index in [-0.39, 0.29) is 18.0 Å². The predicted molar refractivity (Wildman–Crippen MR) is 66.6 cm³/mol. The van der Waals surface area contributed by atoms with E-state index >= 15 is 0 Å². The minimum Gasteiger partial charge on any atom is -0.486 e. The molecule has 0 bridgehead atoms. The molecule has 1 saturated carbocycles. The third-order valence-corrected chi connectivity index (χ3v) is 3.44. The maximum absolute atomic E-state index is 13.8. The highest BCUT2D eigenvalue weighted by Crippen LogP contribution is 2.25. The first-order valence-corrected chi connectivity index (χ1v) is 6.36. The highest BCUT2D eigenvalue weighted by Gasteiger charge is 2.23. The second-order valence-corrected chi connectivity index (χ2v) is 4.85. The lowest BCUT2D eigenvalue weighted by Crippen LogP contribution is -2.38. The van der Waals surface area contributed by atoms with Gasteiger partial charge in [0.15, 0.2) is 11.6 Å². The van der Waals surface area contributed by atoms with Gasteiger partial charge in [0, 0.05) is 6.04 Å². The van der Waals surface area contributed by atoms with Crippen molar-refractivity contribution in [3.63, 3.8) is 0 Å². The second-order valence-electron chi connectivity index (χ2n) is 4.85. The topological polar surface area (TPSA) is 35.2 Å². The summed E-state index contributed by atoms with van der Waals surface area (Å²) in [6, 6.07) is 5.27. The van der Waals surface area contributed by atoms with Crippen molar-refractivity contribution in [2.45, 2.75) is 51.2 Å². The van der Waals surface area contributed by atoms with Crippen molar-refractivity contribution in [3.8, 4) is 5.75 Å². The van der Waals surface area contributed by atoms with Gasteiger partial charge in [0.2, 0.25) is 0 Å². The number of aryl methyl sites for hydroxylation is 1. The third-order valence-electron chi connectivity index (χ3n) is 3.44. The van der Waals surface area contributed by atoms with Gasteiger partial charge >= 0.3 is 0 Å². The highest BCUT2D eigenvalue weighted by atomic mass is 19.1. The van der Waals surface area contributed by atoms with Gasteiger partial charge in [-0.15, -0.1) is 0 Å². The number of nitrogens with two attached hydrogens (primary N) is 1. The lowest BCUT2D eigenvalue weighted by molar-refractivity contribution is 0.156.